The molecule has 2 fully saturated rings. The van der Waals surface area contributed by atoms with Crippen molar-refractivity contribution >= 4 is 34.8 Å². The van der Waals surface area contributed by atoms with Crippen LogP contribution in [0.1, 0.15) is 38.2 Å². The summed E-state index contributed by atoms with van der Waals surface area (Å²) >= 11 is 0. The standard InChI is InChI=1S/C21H24N4O4/c1-2-28-21(27)17-18(26)16(12-14-13-23-19-15(14)8-7-9-22-19)29-20(17)24-25-10-5-3-4-6-11-25/h7-9,12-13,17H,2-6,10-11H2,1H3,(H,22,23)/b16-12-,24-20?. The molecule has 29 heavy (non-hydrogen) atoms. The van der Waals surface area contributed by atoms with Gasteiger partial charge in [0.15, 0.2) is 5.76 Å². The lowest BCUT2D eigenvalue weighted by molar-refractivity contribution is -0.147. The van der Waals surface area contributed by atoms with Crippen molar-refractivity contribution in [2.45, 2.75) is 32.6 Å². The zero-order chi connectivity index (χ0) is 20.2. The van der Waals surface area contributed by atoms with Gasteiger partial charge in [0.1, 0.15) is 5.65 Å². The van der Waals surface area contributed by atoms with Crippen LogP contribution in [-0.2, 0) is 19.1 Å². The van der Waals surface area contributed by atoms with Crippen molar-refractivity contribution in [3.63, 3.8) is 0 Å². The fourth-order valence-electron chi connectivity index (χ4n) is 3.62. The lowest BCUT2D eigenvalue weighted by Crippen LogP contribution is -2.30. The quantitative estimate of drug-likeness (QED) is 0.485. The Hall–Kier alpha value is -3.16. The Morgan fingerprint density at radius 2 is 2.17 bits per heavy atom. The van der Waals surface area contributed by atoms with E-state index in [1.54, 1.807) is 25.4 Å². The van der Waals surface area contributed by atoms with Gasteiger partial charge in [0, 0.05) is 36.4 Å². The summed E-state index contributed by atoms with van der Waals surface area (Å²) in [5.74, 6) is -2.04. The second kappa shape index (κ2) is 8.46. The first-order valence-electron chi connectivity index (χ1n) is 10.0. The highest BCUT2D eigenvalue weighted by atomic mass is 16.5. The average molecular weight is 396 g/mol. The zero-order valence-electron chi connectivity index (χ0n) is 16.4. The van der Waals surface area contributed by atoms with Gasteiger partial charge in [-0.05, 0) is 38.0 Å². The summed E-state index contributed by atoms with van der Waals surface area (Å²) in [4.78, 5) is 32.8. The van der Waals surface area contributed by atoms with E-state index in [4.69, 9.17) is 9.47 Å². The second-order valence-electron chi connectivity index (χ2n) is 7.11. The lowest BCUT2D eigenvalue weighted by atomic mass is 10.0. The first kappa shape index (κ1) is 19.2. The number of nitrogens with one attached hydrogen (secondary N) is 1. The molecule has 0 amide bonds. The van der Waals surface area contributed by atoms with E-state index in [2.05, 4.69) is 15.1 Å². The van der Waals surface area contributed by atoms with E-state index in [0.717, 1.165) is 49.7 Å². The summed E-state index contributed by atoms with van der Waals surface area (Å²) in [6.07, 6.45) is 9.43. The highest BCUT2D eigenvalue weighted by Gasteiger charge is 2.45. The molecule has 2 aliphatic heterocycles. The predicted octanol–water partition coefficient (Wildman–Crippen LogP) is 2.87. The number of allylic oxidation sites excluding steroid dienone is 1. The number of pyridine rings is 1. The SMILES string of the molecule is CCOC(=O)C1C(=O)/C(=C/c2c[nH]c3ncccc23)OC1=NN1CCCCCC1. The number of hydrazone groups is 1. The minimum Gasteiger partial charge on any atom is -0.465 e. The second-order valence-corrected chi connectivity index (χ2v) is 7.11. The Morgan fingerprint density at radius 3 is 2.93 bits per heavy atom. The van der Waals surface area contributed by atoms with E-state index in [-0.39, 0.29) is 18.3 Å². The maximum absolute atomic E-state index is 13.0. The monoisotopic (exact) mass is 396 g/mol. The molecule has 2 aliphatic rings. The number of aromatic nitrogens is 2. The van der Waals surface area contributed by atoms with Crippen molar-refractivity contribution < 1.29 is 19.1 Å². The summed E-state index contributed by atoms with van der Waals surface area (Å²) < 4.78 is 10.9. The summed E-state index contributed by atoms with van der Waals surface area (Å²) in [7, 11) is 0. The summed E-state index contributed by atoms with van der Waals surface area (Å²) in [6, 6.07) is 3.73. The van der Waals surface area contributed by atoms with Crippen molar-refractivity contribution in [1.82, 2.24) is 15.0 Å². The molecule has 8 heteroatoms. The van der Waals surface area contributed by atoms with E-state index >= 15 is 0 Å². The van der Waals surface area contributed by atoms with Gasteiger partial charge in [-0.15, -0.1) is 5.10 Å². The van der Waals surface area contributed by atoms with Gasteiger partial charge >= 0.3 is 5.97 Å². The van der Waals surface area contributed by atoms with Crippen LogP contribution < -0.4 is 0 Å². The third-order valence-corrected chi connectivity index (χ3v) is 5.08. The number of hydrogen-bond acceptors (Lipinski definition) is 7. The smallest absolute Gasteiger partial charge is 0.326 e. The van der Waals surface area contributed by atoms with Gasteiger partial charge in [0.05, 0.1) is 6.61 Å². The van der Waals surface area contributed by atoms with Crippen LogP contribution >= 0.6 is 0 Å². The molecule has 0 saturated carbocycles. The van der Waals surface area contributed by atoms with Gasteiger partial charge in [-0.2, -0.15) is 0 Å². The highest BCUT2D eigenvalue weighted by Crippen LogP contribution is 2.28. The van der Waals surface area contributed by atoms with Crippen molar-refractivity contribution in [1.29, 1.82) is 0 Å². The number of carbonyl (C=O) groups excluding carboxylic acids is 2. The molecular weight excluding hydrogens is 372 g/mol. The van der Waals surface area contributed by atoms with E-state index < -0.39 is 17.7 Å². The van der Waals surface area contributed by atoms with E-state index in [1.165, 1.54) is 0 Å². The Bertz CT molecular complexity index is 970. The van der Waals surface area contributed by atoms with Gasteiger partial charge in [-0.1, -0.05) is 12.8 Å². The van der Waals surface area contributed by atoms with E-state index in [0.29, 0.717) is 5.65 Å². The molecule has 2 aromatic heterocycles. The Kier molecular flexibility index (Phi) is 5.59. The normalized spacial score (nSPS) is 22.9. The number of rotatable bonds is 4. The molecule has 152 valence electrons. The molecule has 0 spiro atoms. The number of carbonyl (C=O) groups is 2. The number of esters is 1. The Labute approximate surface area is 168 Å². The van der Waals surface area contributed by atoms with Crippen LogP contribution in [0.3, 0.4) is 0 Å². The lowest BCUT2D eigenvalue weighted by Gasteiger charge is -2.17. The molecule has 4 heterocycles. The molecule has 2 saturated heterocycles. The fourth-order valence-corrected chi connectivity index (χ4v) is 3.62. The van der Waals surface area contributed by atoms with Crippen LogP contribution in [0.4, 0.5) is 0 Å². The van der Waals surface area contributed by atoms with Crippen LogP contribution in [0.15, 0.2) is 35.4 Å². The number of hydrogen-bond donors (Lipinski definition) is 1. The van der Waals surface area contributed by atoms with Crippen LogP contribution in [0.25, 0.3) is 17.1 Å². The van der Waals surface area contributed by atoms with E-state index in [9.17, 15) is 9.59 Å². The minimum absolute atomic E-state index is 0.0846. The third-order valence-electron chi connectivity index (χ3n) is 5.08. The molecule has 2 aromatic rings. The van der Waals surface area contributed by atoms with Crippen molar-refractivity contribution in [2.24, 2.45) is 11.0 Å². The van der Waals surface area contributed by atoms with Crippen LogP contribution in [0.2, 0.25) is 0 Å². The van der Waals surface area contributed by atoms with Gasteiger partial charge in [-0.25, -0.2) is 4.98 Å². The summed E-state index contributed by atoms with van der Waals surface area (Å²) in [5, 5.41) is 7.27. The number of ether oxygens (including phenoxy) is 2. The molecule has 0 radical (unpaired) electrons. The first-order valence-corrected chi connectivity index (χ1v) is 10.0. The average Bonchev–Trinajstić information content (AvgIpc) is 3.13. The van der Waals surface area contributed by atoms with Gasteiger partial charge < -0.3 is 14.5 Å². The zero-order valence-corrected chi connectivity index (χ0v) is 16.4. The summed E-state index contributed by atoms with van der Waals surface area (Å²) in [5.41, 5.74) is 1.47. The van der Waals surface area contributed by atoms with E-state index in [1.807, 2.05) is 17.1 Å². The fraction of sp³-hybridized carbons (Fsp3) is 0.429. The van der Waals surface area contributed by atoms with Gasteiger partial charge in [0.25, 0.3) is 0 Å². The molecule has 1 N–H and O–H groups in total. The van der Waals surface area contributed by atoms with Crippen molar-refractivity contribution in [2.75, 3.05) is 19.7 Å². The van der Waals surface area contributed by atoms with Gasteiger partial charge in [0.2, 0.25) is 17.6 Å². The topological polar surface area (TPSA) is 96.9 Å². The third kappa shape index (κ3) is 4.01. The molecule has 1 unspecified atom stereocenters. The Morgan fingerprint density at radius 1 is 1.38 bits per heavy atom. The van der Waals surface area contributed by atoms with Crippen molar-refractivity contribution in [3.8, 4) is 0 Å². The molecule has 8 nitrogen and oxygen atoms in total. The number of fused-ring (bicyclic) bond motifs is 1. The summed E-state index contributed by atoms with van der Waals surface area (Å²) in [6.45, 7) is 3.46. The van der Waals surface area contributed by atoms with Crippen LogP contribution in [0, 0.1) is 5.92 Å². The maximum Gasteiger partial charge on any atom is 0.326 e. The molecule has 0 aliphatic carbocycles. The minimum atomic E-state index is -1.16. The van der Waals surface area contributed by atoms with Crippen molar-refractivity contribution in [3.05, 3.63) is 35.8 Å². The van der Waals surface area contributed by atoms with Crippen LogP contribution in [-0.4, -0.2) is 52.3 Å². The number of Topliss-reactive ketones (excluding diaryl/α,β-unsaturated/α-hetero) is 1. The molecule has 1 atom stereocenters. The highest BCUT2D eigenvalue weighted by molar-refractivity contribution is 6.27. The molecule has 0 bridgehead atoms. The predicted molar refractivity (Wildman–Crippen MR) is 108 cm³/mol. The largest absolute Gasteiger partial charge is 0.465 e. The first-order chi connectivity index (χ1) is 14.2. The van der Waals surface area contributed by atoms with Crippen LogP contribution in [0.5, 0.6) is 0 Å². The number of nitrogens with zero attached hydrogens (tertiary/aromatic N) is 3. The number of aromatic amines is 1. The Balaban J connectivity index is 1.67. The number of H-pyrrole nitrogens is 1. The van der Waals surface area contributed by atoms with Gasteiger partial charge in [-0.3, -0.25) is 14.6 Å². The molecular formula is C21H24N4O4. The maximum atomic E-state index is 13.0. The molecule has 4 rings (SSSR count). The molecule has 0 aromatic carbocycles. The number of ketones is 1.